The normalized spacial score (nSPS) is 13.5. The summed E-state index contributed by atoms with van der Waals surface area (Å²) in [5, 5.41) is 2.62. The number of fused-ring (bicyclic) bond motifs is 1. The Balaban J connectivity index is 1.48. The number of amides is 3. The van der Waals surface area contributed by atoms with Crippen LogP contribution in [-0.4, -0.2) is 49.9 Å². The highest BCUT2D eigenvalue weighted by Crippen LogP contribution is 2.24. The molecule has 2 aromatic carbocycles. The number of alkyl carbamates (subject to hydrolysis) is 1. The summed E-state index contributed by atoms with van der Waals surface area (Å²) in [6.07, 6.45) is 0.576. The number of rotatable bonds is 8. The lowest BCUT2D eigenvalue weighted by atomic mass is 10.1. The van der Waals surface area contributed by atoms with E-state index in [1.54, 1.807) is 39.0 Å². The summed E-state index contributed by atoms with van der Waals surface area (Å²) in [5.74, 6) is -0.837. The van der Waals surface area contributed by atoms with Crippen molar-refractivity contribution in [2.24, 2.45) is 0 Å². The first-order chi connectivity index (χ1) is 16.0. The van der Waals surface area contributed by atoms with Gasteiger partial charge in [0.05, 0.1) is 11.4 Å². The van der Waals surface area contributed by atoms with Gasteiger partial charge in [-0.15, -0.1) is 0 Å². The van der Waals surface area contributed by atoms with E-state index in [1.165, 1.54) is 24.3 Å². The zero-order chi connectivity index (χ0) is 24.9. The maximum atomic E-state index is 12.8. The Hall–Kier alpha value is -3.24. The average Bonchev–Trinajstić information content (AvgIpc) is 3.11. The Labute approximate surface area is 199 Å². The van der Waals surface area contributed by atoms with Crippen molar-refractivity contribution in [3.8, 4) is 0 Å². The fraction of sp³-hybridized carbons (Fsp3) is 0.375. The number of carbonyl (C=O) groups excluding carboxylic acids is 3. The van der Waals surface area contributed by atoms with Crippen molar-refractivity contribution in [1.29, 1.82) is 0 Å². The lowest BCUT2D eigenvalue weighted by molar-refractivity contribution is 0.0525. The van der Waals surface area contributed by atoms with Crippen LogP contribution >= 0.6 is 0 Å². The van der Waals surface area contributed by atoms with Gasteiger partial charge in [-0.25, -0.2) is 17.9 Å². The van der Waals surface area contributed by atoms with Crippen LogP contribution in [0.1, 0.15) is 59.9 Å². The molecule has 10 heteroatoms. The molecule has 182 valence electrons. The first kappa shape index (κ1) is 25.4. The van der Waals surface area contributed by atoms with Gasteiger partial charge in [-0.05, 0) is 69.5 Å². The van der Waals surface area contributed by atoms with Crippen LogP contribution in [0.2, 0.25) is 0 Å². The summed E-state index contributed by atoms with van der Waals surface area (Å²) in [7, 11) is -3.76. The molecule has 1 aliphatic rings. The van der Waals surface area contributed by atoms with Gasteiger partial charge in [0, 0.05) is 24.2 Å². The summed E-state index contributed by atoms with van der Waals surface area (Å²) in [5.41, 5.74) is 0.939. The molecule has 1 aliphatic heterocycles. The first-order valence-electron chi connectivity index (χ1n) is 11.0. The molecule has 3 amide bonds. The van der Waals surface area contributed by atoms with Gasteiger partial charge in [0.25, 0.3) is 11.8 Å². The highest BCUT2D eigenvalue weighted by molar-refractivity contribution is 7.89. The number of sulfonamides is 1. The number of hydrogen-bond acceptors (Lipinski definition) is 6. The lowest BCUT2D eigenvalue weighted by Crippen LogP contribution is -2.33. The van der Waals surface area contributed by atoms with E-state index in [0.29, 0.717) is 24.9 Å². The average molecular weight is 488 g/mol. The van der Waals surface area contributed by atoms with Crippen LogP contribution in [0.5, 0.6) is 0 Å². The molecule has 0 bridgehead atoms. The van der Waals surface area contributed by atoms with Crippen molar-refractivity contribution < 1.29 is 27.5 Å². The van der Waals surface area contributed by atoms with Gasteiger partial charge in [0.2, 0.25) is 10.0 Å². The van der Waals surface area contributed by atoms with Gasteiger partial charge < -0.3 is 10.1 Å². The smallest absolute Gasteiger partial charge is 0.407 e. The summed E-state index contributed by atoms with van der Waals surface area (Å²) in [4.78, 5) is 38.0. The summed E-state index contributed by atoms with van der Waals surface area (Å²) in [6.45, 7) is 6.07. The van der Waals surface area contributed by atoms with Gasteiger partial charge in [-0.2, -0.15) is 0 Å². The number of unbranched alkanes of at least 4 members (excludes halogenated alkanes) is 1. The van der Waals surface area contributed by atoms with E-state index in [4.69, 9.17) is 4.74 Å². The molecule has 0 atom stereocenters. The van der Waals surface area contributed by atoms with Gasteiger partial charge >= 0.3 is 6.09 Å². The number of carbonyl (C=O) groups is 3. The third-order valence-corrected chi connectivity index (χ3v) is 6.52. The highest BCUT2D eigenvalue weighted by atomic mass is 32.2. The summed E-state index contributed by atoms with van der Waals surface area (Å²) in [6, 6.07) is 12.5. The Kier molecular flexibility index (Phi) is 7.73. The number of benzene rings is 2. The van der Waals surface area contributed by atoms with E-state index in [2.05, 4.69) is 10.0 Å². The molecule has 0 unspecified atom stereocenters. The Morgan fingerprint density at radius 3 is 2.29 bits per heavy atom. The van der Waals surface area contributed by atoms with E-state index in [-0.39, 0.29) is 29.5 Å². The molecule has 0 saturated heterocycles. The number of nitrogens with zero attached hydrogens (tertiary/aromatic N) is 1. The van der Waals surface area contributed by atoms with Gasteiger partial charge in [-0.3, -0.25) is 14.5 Å². The molecule has 0 saturated carbocycles. The quantitative estimate of drug-likeness (QED) is 0.436. The van der Waals surface area contributed by atoms with Crippen molar-refractivity contribution in [2.75, 3.05) is 13.1 Å². The SMILES string of the molecule is CC(C)(C)OC(=O)NCCCCNS(=O)(=O)c1ccc(C(=O)N2Cc3ccccc3C2=O)cc1. The predicted octanol–water partition coefficient (Wildman–Crippen LogP) is 3.07. The van der Waals surface area contributed by atoms with E-state index >= 15 is 0 Å². The first-order valence-corrected chi connectivity index (χ1v) is 12.5. The van der Waals surface area contributed by atoms with Crippen LogP contribution in [0, 0.1) is 0 Å². The minimum Gasteiger partial charge on any atom is -0.444 e. The standard InChI is InChI=1S/C24H29N3O6S/c1-24(2,3)33-23(30)25-14-6-7-15-26-34(31,32)19-12-10-17(11-13-19)21(28)27-16-18-8-4-5-9-20(18)22(27)29/h4-5,8-13,26H,6-7,14-16H2,1-3H3,(H,25,30). The second-order valence-corrected chi connectivity index (χ2v) is 10.7. The molecular weight excluding hydrogens is 458 g/mol. The monoisotopic (exact) mass is 487 g/mol. The number of ether oxygens (including phenoxy) is 1. The molecule has 2 aromatic rings. The molecule has 1 heterocycles. The van der Waals surface area contributed by atoms with E-state index in [1.807, 2.05) is 6.07 Å². The van der Waals surface area contributed by atoms with Crippen molar-refractivity contribution in [3.63, 3.8) is 0 Å². The van der Waals surface area contributed by atoms with Crippen LogP contribution in [0.4, 0.5) is 4.79 Å². The topological polar surface area (TPSA) is 122 Å². The molecule has 0 aliphatic carbocycles. The zero-order valence-corrected chi connectivity index (χ0v) is 20.3. The minimum atomic E-state index is -3.76. The molecule has 0 aromatic heterocycles. The Morgan fingerprint density at radius 2 is 1.65 bits per heavy atom. The summed E-state index contributed by atoms with van der Waals surface area (Å²) < 4.78 is 32.7. The van der Waals surface area contributed by atoms with Crippen LogP contribution in [-0.2, 0) is 21.3 Å². The maximum Gasteiger partial charge on any atom is 0.407 e. The van der Waals surface area contributed by atoms with Crippen LogP contribution in [0.15, 0.2) is 53.4 Å². The van der Waals surface area contributed by atoms with E-state index in [0.717, 1.165) is 10.5 Å². The highest BCUT2D eigenvalue weighted by Gasteiger charge is 2.32. The third kappa shape index (κ3) is 6.42. The predicted molar refractivity (Wildman–Crippen MR) is 126 cm³/mol. The summed E-state index contributed by atoms with van der Waals surface area (Å²) >= 11 is 0. The van der Waals surface area contributed by atoms with Crippen molar-refractivity contribution >= 4 is 27.9 Å². The fourth-order valence-electron chi connectivity index (χ4n) is 3.40. The molecule has 34 heavy (non-hydrogen) atoms. The number of nitrogens with one attached hydrogen (secondary N) is 2. The Morgan fingerprint density at radius 1 is 1.00 bits per heavy atom. The minimum absolute atomic E-state index is 0.0203. The zero-order valence-electron chi connectivity index (χ0n) is 19.5. The second kappa shape index (κ2) is 10.4. The van der Waals surface area contributed by atoms with Crippen LogP contribution in [0.25, 0.3) is 0 Å². The van der Waals surface area contributed by atoms with Crippen molar-refractivity contribution in [3.05, 3.63) is 65.2 Å². The van der Waals surface area contributed by atoms with Crippen LogP contribution in [0.3, 0.4) is 0 Å². The van der Waals surface area contributed by atoms with Gasteiger partial charge in [-0.1, -0.05) is 18.2 Å². The molecule has 9 nitrogen and oxygen atoms in total. The third-order valence-electron chi connectivity index (χ3n) is 5.04. The van der Waals surface area contributed by atoms with Gasteiger partial charge in [0.1, 0.15) is 5.60 Å². The second-order valence-electron chi connectivity index (χ2n) is 8.91. The maximum absolute atomic E-state index is 12.8. The van der Waals surface area contributed by atoms with E-state index < -0.39 is 27.6 Å². The van der Waals surface area contributed by atoms with Gasteiger partial charge in [0.15, 0.2) is 0 Å². The molecule has 0 fully saturated rings. The molecular formula is C24H29N3O6S. The lowest BCUT2D eigenvalue weighted by Gasteiger charge is -2.19. The molecule has 2 N–H and O–H groups in total. The molecule has 0 radical (unpaired) electrons. The Bertz CT molecular complexity index is 1170. The molecule has 3 rings (SSSR count). The van der Waals surface area contributed by atoms with Crippen molar-refractivity contribution in [2.45, 2.75) is 50.7 Å². The number of hydrogen-bond donors (Lipinski definition) is 2. The number of imide groups is 1. The molecule has 0 spiro atoms. The fourth-order valence-corrected chi connectivity index (χ4v) is 4.47. The van der Waals surface area contributed by atoms with Crippen molar-refractivity contribution in [1.82, 2.24) is 14.9 Å². The van der Waals surface area contributed by atoms with Crippen LogP contribution < -0.4 is 10.0 Å². The van der Waals surface area contributed by atoms with E-state index in [9.17, 15) is 22.8 Å². The largest absolute Gasteiger partial charge is 0.444 e.